The van der Waals surface area contributed by atoms with Crippen LogP contribution in [0.15, 0.2) is 58.3 Å². The Hall–Kier alpha value is -3.48. The first-order valence-electron chi connectivity index (χ1n) is 7.86. The van der Waals surface area contributed by atoms with Gasteiger partial charge in [0.1, 0.15) is 11.4 Å². The zero-order chi connectivity index (χ0) is 18.8. The Bertz CT molecular complexity index is 1080. The van der Waals surface area contributed by atoms with Crippen LogP contribution in [-0.4, -0.2) is 15.5 Å². The topological polar surface area (TPSA) is 84.0 Å². The SMILES string of the molecule is Cc1cccc(C)c1NC(=O)c1c[nH]c(=O)n(-c2ccc(F)cc2)c1=O. The second-order valence-electron chi connectivity index (χ2n) is 5.85. The van der Waals surface area contributed by atoms with Crippen LogP contribution in [-0.2, 0) is 0 Å². The summed E-state index contributed by atoms with van der Waals surface area (Å²) in [5.74, 6) is -1.14. The Morgan fingerprint density at radius 2 is 1.65 bits per heavy atom. The maximum absolute atomic E-state index is 13.1. The number of carbonyl (C=O) groups excluding carboxylic acids is 1. The molecule has 0 aliphatic carbocycles. The van der Waals surface area contributed by atoms with Crippen molar-refractivity contribution in [2.75, 3.05) is 5.32 Å². The fraction of sp³-hybridized carbons (Fsp3) is 0.105. The van der Waals surface area contributed by atoms with E-state index in [1.807, 2.05) is 32.0 Å². The van der Waals surface area contributed by atoms with Gasteiger partial charge >= 0.3 is 5.69 Å². The predicted molar refractivity (Wildman–Crippen MR) is 96.5 cm³/mol. The van der Waals surface area contributed by atoms with Gasteiger partial charge in [-0.25, -0.2) is 13.8 Å². The fourth-order valence-electron chi connectivity index (χ4n) is 2.65. The third-order valence-electron chi connectivity index (χ3n) is 4.03. The molecule has 0 atom stereocenters. The van der Waals surface area contributed by atoms with Crippen molar-refractivity contribution in [2.45, 2.75) is 13.8 Å². The summed E-state index contributed by atoms with van der Waals surface area (Å²) < 4.78 is 13.9. The van der Waals surface area contributed by atoms with Gasteiger partial charge in [-0.2, -0.15) is 0 Å². The van der Waals surface area contributed by atoms with Gasteiger partial charge in [0, 0.05) is 11.9 Å². The Morgan fingerprint density at radius 3 is 2.27 bits per heavy atom. The molecule has 1 heterocycles. The molecule has 6 nitrogen and oxygen atoms in total. The van der Waals surface area contributed by atoms with E-state index < -0.39 is 23.0 Å². The molecule has 0 saturated carbocycles. The van der Waals surface area contributed by atoms with E-state index in [4.69, 9.17) is 0 Å². The molecule has 132 valence electrons. The van der Waals surface area contributed by atoms with Gasteiger partial charge in [0.05, 0.1) is 5.69 Å². The third-order valence-corrected chi connectivity index (χ3v) is 4.03. The number of benzene rings is 2. The first-order chi connectivity index (χ1) is 12.4. The van der Waals surface area contributed by atoms with E-state index in [-0.39, 0.29) is 11.3 Å². The lowest BCUT2D eigenvalue weighted by atomic mass is 10.1. The van der Waals surface area contributed by atoms with Crippen molar-refractivity contribution in [3.05, 3.63) is 92.0 Å². The molecule has 3 aromatic rings. The van der Waals surface area contributed by atoms with Crippen LogP contribution in [0.5, 0.6) is 0 Å². The number of aromatic amines is 1. The molecule has 3 rings (SSSR count). The molecule has 1 amide bonds. The van der Waals surface area contributed by atoms with E-state index in [2.05, 4.69) is 10.3 Å². The predicted octanol–water partition coefficient (Wildman–Crippen LogP) is 2.53. The normalized spacial score (nSPS) is 10.6. The highest BCUT2D eigenvalue weighted by Crippen LogP contribution is 2.19. The smallest absolute Gasteiger partial charge is 0.321 e. The van der Waals surface area contributed by atoms with Crippen LogP contribution >= 0.6 is 0 Å². The first kappa shape index (κ1) is 17.3. The van der Waals surface area contributed by atoms with Crippen LogP contribution in [0.25, 0.3) is 5.69 Å². The Kier molecular flexibility index (Phi) is 4.53. The Labute approximate surface area is 147 Å². The molecule has 2 N–H and O–H groups in total. The lowest BCUT2D eigenvalue weighted by Crippen LogP contribution is -2.38. The lowest BCUT2D eigenvalue weighted by molar-refractivity contribution is 0.102. The van der Waals surface area contributed by atoms with Crippen molar-refractivity contribution in [1.82, 2.24) is 9.55 Å². The Morgan fingerprint density at radius 1 is 1.04 bits per heavy atom. The van der Waals surface area contributed by atoms with Gasteiger partial charge in [-0.1, -0.05) is 18.2 Å². The van der Waals surface area contributed by atoms with E-state index in [0.717, 1.165) is 34.0 Å². The molecular weight excluding hydrogens is 337 g/mol. The van der Waals surface area contributed by atoms with Crippen LogP contribution < -0.4 is 16.6 Å². The number of halogens is 1. The van der Waals surface area contributed by atoms with Crippen LogP contribution in [0, 0.1) is 19.7 Å². The molecule has 0 unspecified atom stereocenters. The number of aryl methyl sites for hydroxylation is 2. The highest BCUT2D eigenvalue weighted by Gasteiger charge is 2.17. The zero-order valence-corrected chi connectivity index (χ0v) is 14.2. The fourth-order valence-corrected chi connectivity index (χ4v) is 2.65. The summed E-state index contributed by atoms with van der Waals surface area (Å²) in [6.07, 6.45) is 1.08. The number of H-pyrrole nitrogens is 1. The van der Waals surface area contributed by atoms with Crippen LogP contribution in [0.4, 0.5) is 10.1 Å². The van der Waals surface area contributed by atoms with Crippen molar-refractivity contribution >= 4 is 11.6 Å². The summed E-state index contributed by atoms with van der Waals surface area (Å²) in [6, 6.07) is 10.4. The summed E-state index contributed by atoms with van der Waals surface area (Å²) >= 11 is 0. The van der Waals surface area contributed by atoms with E-state index in [1.165, 1.54) is 12.1 Å². The van der Waals surface area contributed by atoms with Crippen LogP contribution in [0.2, 0.25) is 0 Å². The van der Waals surface area contributed by atoms with E-state index >= 15 is 0 Å². The molecule has 2 aromatic carbocycles. The maximum atomic E-state index is 13.1. The summed E-state index contributed by atoms with van der Waals surface area (Å²) in [4.78, 5) is 39.7. The number of aromatic nitrogens is 2. The molecule has 0 aliphatic heterocycles. The molecule has 0 saturated heterocycles. The van der Waals surface area contributed by atoms with Crippen molar-refractivity contribution < 1.29 is 9.18 Å². The van der Waals surface area contributed by atoms with Crippen molar-refractivity contribution in [1.29, 1.82) is 0 Å². The number of hydrogen-bond donors (Lipinski definition) is 2. The average Bonchev–Trinajstić information content (AvgIpc) is 2.60. The van der Waals surface area contributed by atoms with Crippen LogP contribution in [0.3, 0.4) is 0 Å². The van der Waals surface area contributed by atoms with Gasteiger partial charge in [-0.3, -0.25) is 9.59 Å². The quantitative estimate of drug-likeness (QED) is 0.759. The summed E-state index contributed by atoms with van der Waals surface area (Å²) in [6.45, 7) is 3.68. The third kappa shape index (κ3) is 3.19. The number of para-hydroxylation sites is 1. The number of rotatable bonds is 3. The number of carbonyl (C=O) groups is 1. The molecule has 1 aromatic heterocycles. The van der Waals surface area contributed by atoms with E-state index in [1.54, 1.807) is 0 Å². The summed E-state index contributed by atoms with van der Waals surface area (Å²) in [5, 5.41) is 2.71. The number of amides is 1. The molecule has 0 radical (unpaired) electrons. The van der Waals surface area contributed by atoms with Gasteiger partial charge in [-0.05, 0) is 49.2 Å². The van der Waals surface area contributed by atoms with Gasteiger partial charge in [0.2, 0.25) is 0 Å². The zero-order valence-electron chi connectivity index (χ0n) is 14.2. The van der Waals surface area contributed by atoms with Crippen LogP contribution in [0.1, 0.15) is 21.5 Å². The van der Waals surface area contributed by atoms with Gasteiger partial charge in [0.15, 0.2) is 0 Å². The molecule has 0 fully saturated rings. The van der Waals surface area contributed by atoms with Crippen molar-refractivity contribution in [2.24, 2.45) is 0 Å². The minimum atomic E-state index is -0.788. The number of nitrogens with zero attached hydrogens (tertiary/aromatic N) is 1. The number of hydrogen-bond acceptors (Lipinski definition) is 3. The van der Waals surface area contributed by atoms with E-state index in [9.17, 15) is 18.8 Å². The van der Waals surface area contributed by atoms with Gasteiger partial charge < -0.3 is 10.3 Å². The van der Waals surface area contributed by atoms with Crippen molar-refractivity contribution in [3.63, 3.8) is 0 Å². The minimum Gasteiger partial charge on any atom is -0.321 e. The summed E-state index contributed by atoms with van der Waals surface area (Å²) in [7, 11) is 0. The lowest BCUT2D eigenvalue weighted by Gasteiger charge is -2.12. The largest absolute Gasteiger partial charge is 0.333 e. The van der Waals surface area contributed by atoms with Gasteiger partial charge in [0.25, 0.3) is 11.5 Å². The second-order valence-corrected chi connectivity index (χ2v) is 5.85. The Balaban J connectivity index is 2.05. The molecule has 26 heavy (non-hydrogen) atoms. The highest BCUT2D eigenvalue weighted by atomic mass is 19.1. The average molecular weight is 353 g/mol. The summed E-state index contributed by atoms with van der Waals surface area (Å²) in [5.41, 5.74) is 0.741. The molecule has 0 spiro atoms. The minimum absolute atomic E-state index is 0.166. The molecular formula is C19H16FN3O3. The number of anilines is 1. The monoisotopic (exact) mass is 353 g/mol. The second kappa shape index (κ2) is 6.79. The number of nitrogens with one attached hydrogen (secondary N) is 2. The molecule has 0 bridgehead atoms. The maximum Gasteiger partial charge on any atom is 0.333 e. The molecule has 0 aliphatic rings. The first-order valence-corrected chi connectivity index (χ1v) is 7.86. The standard InChI is InChI=1S/C19H16FN3O3/c1-11-4-3-5-12(2)16(11)22-17(24)15-10-21-19(26)23(18(15)25)14-8-6-13(20)7-9-14/h3-10H,1-2H3,(H,21,26)(H,22,24). The van der Waals surface area contributed by atoms with E-state index in [0.29, 0.717) is 5.69 Å². The molecule has 7 heteroatoms. The van der Waals surface area contributed by atoms with Gasteiger partial charge in [-0.15, -0.1) is 0 Å². The highest BCUT2D eigenvalue weighted by molar-refractivity contribution is 6.04. The van der Waals surface area contributed by atoms with Crippen molar-refractivity contribution in [3.8, 4) is 5.69 Å².